The predicted molar refractivity (Wildman–Crippen MR) is 117 cm³/mol. The van der Waals surface area contributed by atoms with Gasteiger partial charge in [0.1, 0.15) is 18.2 Å². The van der Waals surface area contributed by atoms with E-state index in [-0.39, 0.29) is 19.1 Å². The summed E-state index contributed by atoms with van der Waals surface area (Å²) in [6.07, 6.45) is 0. The first-order valence-electron chi connectivity index (χ1n) is 9.33. The van der Waals surface area contributed by atoms with Crippen LogP contribution in [0.2, 0.25) is 0 Å². The van der Waals surface area contributed by atoms with E-state index >= 15 is 0 Å². The van der Waals surface area contributed by atoms with Crippen molar-refractivity contribution in [3.8, 4) is 10.6 Å². The van der Waals surface area contributed by atoms with Gasteiger partial charge in [-0.25, -0.2) is 4.98 Å². The summed E-state index contributed by atoms with van der Waals surface area (Å²) >= 11 is 1.55. The Morgan fingerprint density at radius 1 is 0.828 bits per heavy atom. The van der Waals surface area contributed by atoms with Gasteiger partial charge in [0.05, 0.1) is 5.69 Å². The number of benzene rings is 3. The minimum absolute atomic E-state index is 0.129. The zero-order chi connectivity index (χ0) is 19.9. The van der Waals surface area contributed by atoms with E-state index < -0.39 is 0 Å². The molecule has 0 saturated heterocycles. The van der Waals surface area contributed by atoms with Gasteiger partial charge < -0.3 is 9.64 Å². The maximum absolute atomic E-state index is 12.6. The van der Waals surface area contributed by atoms with E-state index in [0.29, 0.717) is 0 Å². The molecule has 0 saturated carbocycles. The van der Waals surface area contributed by atoms with Crippen molar-refractivity contribution in [3.63, 3.8) is 0 Å². The first-order valence-corrected chi connectivity index (χ1v) is 10.2. The lowest BCUT2D eigenvalue weighted by molar-refractivity contribution is -0.143. The number of carbonyl (C=O) groups is 1. The molecule has 0 bridgehead atoms. The molecule has 144 valence electrons. The number of hydrogen-bond donors (Lipinski definition) is 0. The van der Waals surface area contributed by atoms with Gasteiger partial charge >= 0.3 is 5.97 Å². The topological polar surface area (TPSA) is 42.4 Å². The normalized spacial score (nSPS) is 10.5. The number of aromatic nitrogens is 1. The summed E-state index contributed by atoms with van der Waals surface area (Å²) < 4.78 is 5.51. The zero-order valence-electron chi connectivity index (χ0n) is 15.8. The molecule has 0 amide bonds. The Kier molecular flexibility index (Phi) is 5.98. The highest BCUT2D eigenvalue weighted by Gasteiger charge is 2.15. The average molecular weight is 401 g/mol. The standard InChI is InChI=1S/C24H20N2O2S/c27-23(28-17-20-18-29-24(25-20)19-10-4-1-5-11-19)16-26(21-12-6-2-7-13-21)22-14-8-3-9-15-22/h1-15,18H,16-17H2. The largest absolute Gasteiger partial charge is 0.458 e. The molecule has 0 atom stereocenters. The van der Waals surface area contributed by atoms with Crippen molar-refractivity contribution in [2.24, 2.45) is 0 Å². The van der Waals surface area contributed by atoms with Crippen LogP contribution in [-0.2, 0) is 16.1 Å². The molecule has 0 aliphatic rings. The first kappa shape index (κ1) is 18.9. The van der Waals surface area contributed by atoms with Gasteiger partial charge in [0.15, 0.2) is 0 Å². The lowest BCUT2D eigenvalue weighted by Gasteiger charge is -2.23. The van der Waals surface area contributed by atoms with Crippen LogP contribution in [0.4, 0.5) is 11.4 Å². The highest BCUT2D eigenvalue weighted by Crippen LogP contribution is 2.25. The molecule has 0 N–H and O–H groups in total. The second-order valence-electron chi connectivity index (χ2n) is 6.43. The van der Waals surface area contributed by atoms with Gasteiger partial charge in [-0.3, -0.25) is 4.79 Å². The molecular formula is C24H20N2O2S. The second kappa shape index (κ2) is 9.17. The van der Waals surface area contributed by atoms with E-state index in [1.54, 1.807) is 11.3 Å². The molecule has 0 aliphatic heterocycles. The lowest BCUT2D eigenvalue weighted by atomic mass is 10.2. The molecule has 0 unspecified atom stereocenters. The Morgan fingerprint density at radius 3 is 1.97 bits per heavy atom. The fourth-order valence-corrected chi connectivity index (χ4v) is 3.77. The van der Waals surface area contributed by atoms with E-state index in [0.717, 1.165) is 27.6 Å². The summed E-state index contributed by atoms with van der Waals surface area (Å²) in [7, 11) is 0. The van der Waals surface area contributed by atoms with Gasteiger partial charge in [0.25, 0.3) is 0 Å². The molecule has 4 rings (SSSR count). The van der Waals surface area contributed by atoms with E-state index in [1.165, 1.54) is 0 Å². The van der Waals surface area contributed by atoms with E-state index in [4.69, 9.17) is 4.74 Å². The van der Waals surface area contributed by atoms with E-state index in [2.05, 4.69) is 4.98 Å². The van der Waals surface area contributed by atoms with Crippen LogP contribution in [0.1, 0.15) is 5.69 Å². The van der Waals surface area contributed by atoms with Crippen LogP contribution in [0, 0.1) is 0 Å². The van der Waals surface area contributed by atoms with Crippen LogP contribution in [-0.4, -0.2) is 17.5 Å². The molecule has 29 heavy (non-hydrogen) atoms. The number of anilines is 2. The van der Waals surface area contributed by atoms with Crippen LogP contribution in [0.25, 0.3) is 10.6 Å². The molecule has 4 aromatic rings. The van der Waals surface area contributed by atoms with Crippen molar-refractivity contribution in [3.05, 3.63) is 102 Å². The Balaban J connectivity index is 1.42. The average Bonchev–Trinajstić information content (AvgIpc) is 3.27. The molecule has 5 heteroatoms. The Hall–Kier alpha value is -3.44. The molecule has 3 aromatic carbocycles. The van der Waals surface area contributed by atoms with Gasteiger partial charge in [-0.05, 0) is 24.3 Å². The van der Waals surface area contributed by atoms with Crippen LogP contribution in [0.15, 0.2) is 96.4 Å². The molecule has 0 radical (unpaired) electrons. The van der Waals surface area contributed by atoms with Crippen LogP contribution in [0.3, 0.4) is 0 Å². The van der Waals surface area contributed by atoms with Gasteiger partial charge in [-0.15, -0.1) is 11.3 Å². The molecule has 0 aliphatic carbocycles. The summed E-state index contributed by atoms with van der Waals surface area (Å²) in [5.74, 6) is -0.299. The molecule has 1 heterocycles. The number of esters is 1. The number of rotatable bonds is 7. The fraction of sp³-hybridized carbons (Fsp3) is 0.0833. The van der Waals surface area contributed by atoms with Gasteiger partial charge in [-0.2, -0.15) is 0 Å². The van der Waals surface area contributed by atoms with Crippen molar-refractivity contribution in [1.29, 1.82) is 0 Å². The predicted octanol–water partition coefficient (Wildman–Crippen LogP) is 5.69. The summed E-state index contributed by atoms with van der Waals surface area (Å²) in [6, 6.07) is 29.6. The maximum atomic E-state index is 12.6. The third kappa shape index (κ3) is 4.89. The summed E-state index contributed by atoms with van der Waals surface area (Å²) in [5, 5.41) is 2.86. The Morgan fingerprint density at radius 2 is 1.38 bits per heavy atom. The quantitative estimate of drug-likeness (QED) is 0.374. The number of nitrogens with zero attached hydrogens (tertiary/aromatic N) is 2. The summed E-state index contributed by atoms with van der Waals surface area (Å²) in [5.41, 5.74) is 3.70. The maximum Gasteiger partial charge on any atom is 0.326 e. The van der Waals surface area contributed by atoms with E-state index in [9.17, 15) is 4.79 Å². The van der Waals surface area contributed by atoms with Crippen LogP contribution >= 0.6 is 11.3 Å². The minimum Gasteiger partial charge on any atom is -0.458 e. The van der Waals surface area contributed by atoms with Crippen molar-refractivity contribution >= 4 is 28.7 Å². The highest BCUT2D eigenvalue weighted by molar-refractivity contribution is 7.13. The van der Waals surface area contributed by atoms with Crippen LogP contribution in [0.5, 0.6) is 0 Å². The van der Waals surface area contributed by atoms with E-state index in [1.807, 2.05) is 101 Å². The molecule has 0 fully saturated rings. The summed E-state index contributed by atoms with van der Waals surface area (Å²) in [4.78, 5) is 19.1. The van der Waals surface area contributed by atoms with Gasteiger partial charge in [0, 0.05) is 22.3 Å². The van der Waals surface area contributed by atoms with Gasteiger partial charge in [0.2, 0.25) is 0 Å². The van der Waals surface area contributed by atoms with Gasteiger partial charge in [-0.1, -0.05) is 66.7 Å². The van der Waals surface area contributed by atoms with Crippen molar-refractivity contribution in [2.45, 2.75) is 6.61 Å². The SMILES string of the molecule is O=C(CN(c1ccccc1)c1ccccc1)OCc1csc(-c2ccccc2)n1. The zero-order valence-corrected chi connectivity index (χ0v) is 16.6. The molecule has 0 spiro atoms. The Bertz CT molecular complexity index is 1010. The summed E-state index contributed by atoms with van der Waals surface area (Å²) in [6.45, 7) is 0.295. The third-order valence-corrected chi connectivity index (χ3v) is 5.32. The smallest absolute Gasteiger partial charge is 0.326 e. The second-order valence-corrected chi connectivity index (χ2v) is 7.29. The molecule has 4 nitrogen and oxygen atoms in total. The van der Waals surface area contributed by atoms with Crippen molar-refractivity contribution < 1.29 is 9.53 Å². The first-order chi connectivity index (χ1) is 14.3. The number of para-hydroxylation sites is 2. The number of carbonyl (C=O) groups excluding carboxylic acids is 1. The molecular weight excluding hydrogens is 380 g/mol. The van der Waals surface area contributed by atoms with Crippen LogP contribution < -0.4 is 4.90 Å². The number of ether oxygens (including phenoxy) is 1. The minimum atomic E-state index is -0.299. The number of thiazole rings is 1. The fourth-order valence-electron chi connectivity index (χ4n) is 2.96. The Labute approximate surface area is 174 Å². The molecule has 1 aromatic heterocycles. The lowest BCUT2D eigenvalue weighted by Crippen LogP contribution is -2.26. The van der Waals surface area contributed by atoms with Crippen molar-refractivity contribution in [1.82, 2.24) is 4.98 Å². The monoisotopic (exact) mass is 400 g/mol. The van der Waals surface area contributed by atoms with Crippen molar-refractivity contribution in [2.75, 3.05) is 11.4 Å². The number of hydrogen-bond acceptors (Lipinski definition) is 5. The third-order valence-electron chi connectivity index (χ3n) is 4.38. The highest BCUT2D eigenvalue weighted by atomic mass is 32.1.